The fraction of sp³-hybridized carbons (Fsp3) is 0.857. The Bertz CT molecular complexity index is 377. The number of nitrogens with one attached hydrogen (secondary N) is 2. The molecule has 0 amide bonds. The molecule has 0 bridgehead atoms. The topological polar surface area (TPSA) is 72.2 Å². The lowest BCUT2D eigenvalue weighted by molar-refractivity contribution is 0.198. The van der Waals surface area contributed by atoms with Crippen molar-refractivity contribution < 1.29 is 9.15 Å². The van der Waals surface area contributed by atoms with Crippen molar-refractivity contribution in [1.29, 1.82) is 0 Å². The molecule has 20 heavy (non-hydrogen) atoms. The van der Waals surface area contributed by atoms with Gasteiger partial charge in [-0.3, -0.25) is 0 Å². The summed E-state index contributed by atoms with van der Waals surface area (Å²) in [6, 6.07) is 0.927. The van der Waals surface area contributed by atoms with E-state index in [1.165, 1.54) is 32.1 Å². The van der Waals surface area contributed by atoms with Gasteiger partial charge in [-0.05, 0) is 25.7 Å². The average molecular weight is 282 g/mol. The Morgan fingerprint density at radius 2 is 2.10 bits per heavy atom. The quantitative estimate of drug-likeness (QED) is 0.712. The van der Waals surface area contributed by atoms with Crippen molar-refractivity contribution in [3.63, 3.8) is 0 Å². The van der Waals surface area contributed by atoms with Crippen LogP contribution in [0.4, 0.5) is 6.01 Å². The SMILES string of the molecule is COCCNCc1nnc(NC(C)C2CCCCC2)o1. The van der Waals surface area contributed by atoms with E-state index in [4.69, 9.17) is 9.15 Å². The lowest BCUT2D eigenvalue weighted by Gasteiger charge is -2.27. The zero-order valence-electron chi connectivity index (χ0n) is 12.5. The highest BCUT2D eigenvalue weighted by Crippen LogP contribution is 2.27. The lowest BCUT2D eigenvalue weighted by atomic mass is 9.85. The second-order valence-corrected chi connectivity index (χ2v) is 5.50. The average Bonchev–Trinajstić information content (AvgIpc) is 2.92. The zero-order valence-corrected chi connectivity index (χ0v) is 12.5. The Balaban J connectivity index is 1.73. The third-order valence-corrected chi connectivity index (χ3v) is 3.93. The van der Waals surface area contributed by atoms with Crippen LogP contribution in [0.1, 0.15) is 44.9 Å². The van der Waals surface area contributed by atoms with Crippen molar-refractivity contribution in [1.82, 2.24) is 15.5 Å². The van der Waals surface area contributed by atoms with Gasteiger partial charge >= 0.3 is 6.01 Å². The Morgan fingerprint density at radius 1 is 1.30 bits per heavy atom. The molecular weight excluding hydrogens is 256 g/mol. The first-order valence-electron chi connectivity index (χ1n) is 7.58. The van der Waals surface area contributed by atoms with E-state index in [1.807, 2.05) is 0 Å². The zero-order chi connectivity index (χ0) is 14.2. The van der Waals surface area contributed by atoms with Crippen molar-refractivity contribution in [2.24, 2.45) is 5.92 Å². The minimum atomic E-state index is 0.394. The van der Waals surface area contributed by atoms with Gasteiger partial charge in [-0.25, -0.2) is 0 Å². The number of rotatable bonds is 8. The predicted octanol–water partition coefficient (Wildman–Crippen LogP) is 2.19. The maximum atomic E-state index is 5.59. The molecule has 0 spiro atoms. The molecule has 1 aromatic heterocycles. The summed E-state index contributed by atoms with van der Waals surface area (Å²) in [5, 5.41) is 14.6. The Kier molecular flexibility index (Phi) is 6.26. The maximum absolute atomic E-state index is 5.59. The van der Waals surface area contributed by atoms with Gasteiger partial charge in [0.05, 0.1) is 13.2 Å². The second-order valence-electron chi connectivity index (χ2n) is 5.50. The molecule has 1 aromatic rings. The summed E-state index contributed by atoms with van der Waals surface area (Å²) in [4.78, 5) is 0. The molecule has 1 saturated carbocycles. The van der Waals surface area contributed by atoms with Crippen molar-refractivity contribution >= 4 is 6.01 Å². The first-order chi connectivity index (χ1) is 9.79. The predicted molar refractivity (Wildman–Crippen MR) is 77.5 cm³/mol. The van der Waals surface area contributed by atoms with E-state index in [9.17, 15) is 0 Å². The fourth-order valence-electron chi connectivity index (χ4n) is 2.70. The molecule has 114 valence electrons. The molecule has 1 aliphatic rings. The molecule has 2 rings (SSSR count). The molecule has 0 radical (unpaired) electrons. The van der Waals surface area contributed by atoms with Crippen molar-refractivity contribution in [3.05, 3.63) is 5.89 Å². The Hall–Kier alpha value is -1.14. The highest BCUT2D eigenvalue weighted by molar-refractivity contribution is 5.19. The molecule has 1 atom stereocenters. The van der Waals surface area contributed by atoms with Crippen LogP contribution in [0.25, 0.3) is 0 Å². The highest BCUT2D eigenvalue weighted by Gasteiger charge is 2.21. The molecule has 1 heterocycles. The first-order valence-corrected chi connectivity index (χ1v) is 7.58. The smallest absolute Gasteiger partial charge is 0.315 e. The largest absolute Gasteiger partial charge is 0.407 e. The van der Waals surface area contributed by atoms with Crippen LogP contribution in [0.15, 0.2) is 4.42 Å². The van der Waals surface area contributed by atoms with Gasteiger partial charge in [-0.1, -0.05) is 24.4 Å². The van der Waals surface area contributed by atoms with Crippen LogP contribution in [0.2, 0.25) is 0 Å². The Morgan fingerprint density at radius 3 is 2.85 bits per heavy atom. The minimum Gasteiger partial charge on any atom is -0.407 e. The van der Waals surface area contributed by atoms with E-state index in [0.717, 1.165) is 12.5 Å². The molecule has 6 nitrogen and oxygen atoms in total. The van der Waals surface area contributed by atoms with Crippen molar-refractivity contribution in [3.8, 4) is 0 Å². The highest BCUT2D eigenvalue weighted by atomic mass is 16.5. The molecule has 0 saturated heterocycles. The molecule has 2 N–H and O–H groups in total. The van der Waals surface area contributed by atoms with Crippen LogP contribution in [0, 0.1) is 5.92 Å². The summed E-state index contributed by atoms with van der Waals surface area (Å²) in [5.74, 6) is 1.33. The van der Waals surface area contributed by atoms with Crippen LogP contribution in [0.3, 0.4) is 0 Å². The summed E-state index contributed by atoms with van der Waals surface area (Å²) >= 11 is 0. The summed E-state index contributed by atoms with van der Waals surface area (Å²) in [6.07, 6.45) is 6.66. The first kappa shape index (κ1) is 15.3. The molecule has 0 aromatic carbocycles. The molecule has 0 aliphatic heterocycles. The van der Waals surface area contributed by atoms with Gasteiger partial charge in [-0.2, -0.15) is 0 Å². The van der Waals surface area contributed by atoms with E-state index in [1.54, 1.807) is 7.11 Å². The van der Waals surface area contributed by atoms with Crippen LogP contribution in [-0.4, -0.2) is 36.5 Å². The summed E-state index contributed by atoms with van der Waals surface area (Å²) < 4.78 is 10.6. The van der Waals surface area contributed by atoms with Gasteiger partial charge in [-0.15, -0.1) is 5.10 Å². The maximum Gasteiger partial charge on any atom is 0.315 e. The third-order valence-electron chi connectivity index (χ3n) is 3.93. The third kappa shape index (κ3) is 4.76. The second kappa shape index (κ2) is 8.21. The fourth-order valence-corrected chi connectivity index (χ4v) is 2.70. The number of hydrogen-bond acceptors (Lipinski definition) is 6. The number of aromatic nitrogens is 2. The summed E-state index contributed by atoms with van der Waals surface area (Å²) in [6.45, 7) is 4.24. The van der Waals surface area contributed by atoms with Gasteiger partial charge in [0.25, 0.3) is 0 Å². The molecule has 1 unspecified atom stereocenters. The van der Waals surface area contributed by atoms with Gasteiger partial charge in [0.1, 0.15) is 0 Å². The molecular formula is C14H26N4O2. The number of ether oxygens (including phenoxy) is 1. The van der Waals surface area contributed by atoms with Gasteiger partial charge in [0.2, 0.25) is 5.89 Å². The summed E-state index contributed by atoms with van der Waals surface area (Å²) in [5.41, 5.74) is 0. The van der Waals surface area contributed by atoms with Crippen LogP contribution < -0.4 is 10.6 Å². The molecule has 1 fully saturated rings. The van der Waals surface area contributed by atoms with Crippen molar-refractivity contribution in [2.45, 2.75) is 51.6 Å². The number of anilines is 1. The normalized spacial score (nSPS) is 18.1. The summed E-state index contributed by atoms with van der Waals surface area (Å²) in [7, 11) is 1.68. The molecule has 6 heteroatoms. The Labute approximate surface area is 120 Å². The van der Waals surface area contributed by atoms with Gasteiger partial charge in [0.15, 0.2) is 0 Å². The monoisotopic (exact) mass is 282 g/mol. The van der Waals surface area contributed by atoms with Gasteiger partial charge in [0, 0.05) is 19.7 Å². The number of nitrogens with zero attached hydrogens (tertiary/aromatic N) is 2. The van der Waals surface area contributed by atoms with Gasteiger partial charge < -0.3 is 19.8 Å². The lowest BCUT2D eigenvalue weighted by Crippen LogP contribution is -2.27. The van der Waals surface area contributed by atoms with E-state index >= 15 is 0 Å². The molecule has 1 aliphatic carbocycles. The number of hydrogen-bond donors (Lipinski definition) is 2. The van der Waals surface area contributed by atoms with Crippen molar-refractivity contribution in [2.75, 3.05) is 25.6 Å². The minimum absolute atomic E-state index is 0.394. The van der Waals surface area contributed by atoms with E-state index < -0.39 is 0 Å². The van der Waals surface area contributed by atoms with E-state index in [0.29, 0.717) is 31.1 Å². The van der Waals surface area contributed by atoms with E-state index in [2.05, 4.69) is 27.8 Å². The van der Waals surface area contributed by atoms with Crippen LogP contribution >= 0.6 is 0 Å². The van der Waals surface area contributed by atoms with Crippen LogP contribution in [-0.2, 0) is 11.3 Å². The number of methoxy groups -OCH3 is 1. The van der Waals surface area contributed by atoms with Crippen LogP contribution in [0.5, 0.6) is 0 Å². The standard InChI is InChI=1S/C14H26N4O2/c1-11(12-6-4-3-5-7-12)16-14-18-17-13(20-14)10-15-8-9-19-2/h11-12,15H,3-10H2,1-2H3,(H,16,18). The van der Waals surface area contributed by atoms with E-state index in [-0.39, 0.29) is 0 Å².